The van der Waals surface area contributed by atoms with E-state index in [0.717, 1.165) is 16.7 Å². The van der Waals surface area contributed by atoms with E-state index in [1.54, 1.807) is 65.8 Å². The summed E-state index contributed by atoms with van der Waals surface area (Å²) < 4.78 is 11.4. The van der Waals surface area contributed by atoms with Gasteiger partial charge in [-0.1, -0.05) is 54.6 Å². The number of carbonyl (C=O) groups is 3. The van der Waals surface area contributed by atoms with Crippen LogP contribution in [-0.4, -0.2) is 46.3 Å². The molecule has 3 aromatic carbocycles. The zero-order chi connectivity index (χ0) is 29.1. The predicted molar refractivity (Wildman–Crippen MR) is 155 cm³/mol. The van der Waals surface area contributed by atoms with Crippen LogP contribution in [0, 0.1) is 0 Å². The highest BCUT2D eigenvalue weighted by Crippen LogP contribution is 2.37. The van der Waals surface area contributed by atoms with E-state index in [2.05, 4.69) is 22.8 Å². The molecular weight excluding hydrogens is 506 g/mol. The SMILES string of the molecule is CC(C)(C)OC(=O)N1C(C)(C)OCC1(C)C(=O)Nc1ccc(C(=O)NCc2ccc(-c3ccccc3)cc2)cc1. The largest absolute Gasteiger partial charge is 0.444 e. The van der Waals surface area contributed by atoms with Gasteiger partial charge in [-0.2, -0.15) is 0 Å². The molecule has 1 aliphatic heterocycles. The molecule has 1 unspecified atom stereocenters. The van der Waals surface area contributed by atoms with Crippen LogP contribution in [0.25, 0.3) is 11.1 Å². The number of hydrogen-bond acceptors (Lipinski definition) is 5. The molecule has 8 heteroatoms. The van der Waals surface area contributed by atoms with Gasteiger partial charge in [0.15, 0.2) is 0 Å². The van der Waals surface area contributed by atoms with Crippen LogP contribution < -0.4 is 10.6 Å². The van der Waals surface area contributed by atoms with Crippen molar-refractivity contribution in [3.8, 4) is 11.1 Å². The van der Waals surface area contributed by atoms with Crippen molar-refractivity contribution in [2.24, 2.45) is 0 Å². The van der Waals surface area contributed by atoms with E-state index in [-0.39, 0.29) is 12.5 Å². The van der Waals surface area contributed by atoms with Crippen LogP contribution in [0.15, 0.2) is 78.9 Å². The van der Waals surface area contributed by atoms with Crippen LogP contribution >= 0.6 is 0 Å². The summed E-state index contributed by atoms with van der Waals surface area (Å²) in [5, 5.41) is 5.78. The molecule has 2 N–H and O–H groups in total. The molecule has 210 valence electrons. The van der Waals surface area contributed by atoms with Gasteiger partial charge in [0.05, 0.1) is 6.61 Å². The monoisotopic (exact) mass is 543 g/mol. The van der Waals surface area contributed by atoms with Gasteiger partial charge in [0, 0.05) is 17.8 Å². The van der Waals surface area contributed by atoms with Crippen LogP contribution in [0.3, 0.4) is 0 Å². The molecule has 3 aromatic rings. The smallest absolute Gasteiger partial charge is 0.413 e. The lowest BCUT2D eigenvalue weighted by Crippen LogP contribution is -2.60. The van der Waals surface area contributed by atoms with Gasteiger partial charge >= 0.3 is 6.09 Å². The maximum atomic E-state index is 13.4. The minimum Gasteiger partial charge on any atom is -0.444 e. The van der Waals surface area contributed by atoms with Crippen LogP contribution in [0.2, 0.25) is 0 Å². The van der Waals surface area contributed by atoms with E-state index in [4.69, 9.17) is 9.47 Å². The first-order chi connectivity index (χ1) is 18.8. The molecule has 0 saturated carbocycles. The summed E-state index contributed by atoms with van der Waals surface area (Å²) in [6.45, 7) is 10.8. The van der Waals surface area contributed by atoms with Crippen molar-refractivity contribution >= 4 is 23.6 Å². The van der Waals surface area contributed by atoms with E-state index in [9.17, 15) is 14.4 Å². The molecule has 1 saturated heterocycles. The number of carbonyl (C=O) groups excluding carboxylic acids is 3. The molecule has 1 heterocycles. The van der Waals surface area contributed by atoms with E-state index in [1.807, 2.05) is 42.5 Å². The van der Waals surface area contributed by atoms with E-state index in [1.165, 1.54) is 4.90 Å². The van der Waals surface area contributed by atoms with Gasteiger partial charge in [0.1, 0.15) is 16.9 Å². The first kappa shape index (κ1) is 28.8. The van der Waals surface area contributed by atoms with Gasteiger partial charge in [-0.05, 0) is 82.5 Å². The first-order valence-electron chi connectivity index (χ1n) is 13.3. The predicted octanol–water partition coefficient (Wildman–Crippen LogP) is 5.98. The van der Waals surface area contributed by atoms with E-state index in [0.29, 0.717) is 17.8 Å². The lowest BCUT2D eigenvalue weighted by Gasteiger charge is -2.39. The molecule has 0 aromatic heterocycles. The second-order valence-corrected chi connectivity index (χ2v) is 11.6. The van der Waals surface area contributed by atoms with E-state index >= 15 is 0 Å². The number of nitrogens with one attached hydrogen (secondary N) is 2. The second kappa shape index (κ2) is 11.1. The molecule has 0 aliphatic carbocycles. The standard InChI is InChI=1S/C32H37N3O5/c1-30(2,3)40-29(38)35-31(4,5)39-21-32(35,6)28(37)34-26-18-16-25(17-19-26)27(36)33-20-22-12-14-24(15-13-22)23-10-8-7-9-11-23/h7-19H,20-21H2,1-6H3,(H,33,36)(H,34,37). The van der Waals surface area contributed by atoms with Crippen molar-refractivity contribution in [1.29, 1.82) is 0 Å². The minimum absolute atomic E-state index is 0.0118. The Balaban J connectivity index is 1.36. The van der Waals surface area contributed by atoms with Gasteiger partial charge in [-0.15, -0.1) is 0 Å². The normalized spacial score (nSPS) is 18.2. The summed E-state index contributed by atoms with van der Waals surface area (Å²) >= 11 is 0. The Bertz CT molecular complexity index is 1360. The van der Waals surface area contributed by atoms with Gasteiger partial charge < -0.3 is 20.1 Å². The molecule has 0 spiro atoms. The Morgan fingerprint density at radius 2 is 1.48 bits per heavy atom. The number of nitrogens with zero attached hydrogens (tertiary/aromatic N) is 1. The van der Waals surface area contributed by atoms with Gasteiger partial charge in [-0.3, -0.25) is 14.5 Å². The Morgan fingerprint density at radius 1 is 0.875 bits per heavy atom. The van der Waals surface area contributed by atoms with Crippen LogP contribution in [0.1, 0.15) is 57.5 Å². The van der Waals surface area contributed by atoms with Crippen LogP contribution in [0.4, 0.5) is 10.5 Å². The Morgan fingerprint density at radius 3 is 2.08 bits per heavy atom. The van der Waals surface area contributed by atoms with Crippen molar-refractivity contribution in [1.82, 2.24) is 10.2 Å². The molecular formula is C32H37N3O5. The highest BCUT2D eigenvalue weighted by atomic mass is 16.6. The first-order valence-corrected chi connectivity index (χ1v) is 13.3. The topological polar surface area (TPSA) is 97.0 Å². The van der Waals surface area contributed by atoms with Crippen molar-refractivity contribution in [2.45, 2.75) is 65.0 Å². The average molecular weight is 544 g/mol. The summed E-state index contributed by atoms with van der Waals surface area (Å²) in [5.41, 5.74) is 1.15. The number of hydrogen-bond donors (Lipinski definition) is 2. The lowest BCUT2D eigenvalue weighted by molar-refractivity contribution is -0.127. The molecule has 0 bridgehead atoms. The fraction of sp³-hybridized carbons (Fsp3) is 0.344. The number of rotatable bonds is 6. The zero-order valence-electron chi connectivity index (χ0n) is 23.9. The molecule has 0 radical (unpaired) electrons. The average Bonchev–Trinajstić information content (AvgIpc) is 3.17. The third-order valence-corrected chi connectivity index (χ3v) is 6.72. The number of ether oxygens (including phenoxy) is 2. The lowest BCUT2D eigenvalue weighted by atomic mass is 9.99. The van der Waals surface area contributed by atoms with Crippen molar-refractivity contribution in [3.05, 3.63) is 90.0 Å². The summed E-state index contributed by atoms with van der Waals surface area (Å²) in [6.07, 6.45) is -0.630. The van der Waals surface area contributed by atoms with Crippen molar-refractivity contribution < 1.29 is 23.9 Å². The number of anilines is 1. The van der Waals surface area contributed by atoms with Crippen molar-refractivity contribution in [2.75, 3.05) is 11.9 Å². The number of benzene rings is 3. The van der Waals surface area contributed by atoms with E-state index < -0.39 is 28.9 Å². The fourth-order valence-corrected chi connectivity index (χ4v) is 4.64. The summed E-state index contributed by atoms with van der Waals surface area (Å²) in [7, 11) is 0. The van der Waals surface area contributed by atoms with Gasteiger partial charge in [0.2, 0.25) is 0 Å². The molecule has 1 atom stereocenters. The minimum atomic E-state index is -1.29. The highest BCUT2D eigenvalue weighted by molar-refractivity contribution is 6.01. The maximum absolute atomic E-state index is 13.4. The van der Waals surface area contributed by atoms with Crippen LogP contribution in [0.5, 0.6) is 0 Å². The summed E-state index contributed by atoms with van der Waals surface area (Å²) in [5.74, 6) is -0.640. The van der Waals surface area contributed by atoms with Gasteiger partial charge in [-0.25, -0.2) is 4.79 Å². The van der Waals surface area contributed by atoms with Gasteiger partial charge in [0.25, 0.3) is 11.8 Å². The Hall–Kier alpha value is -4.17. The fourth-order valence-electron chi connectivity index (χ4n) is 4.64. The molecule has 4 rings (SSSR count). The quantitative estimate of drug-likeness (QED) is 0.398. The van der Waals surface area contributed by atoms with Crippen molar-refractivity contribution in [3.63, 3.8) is 0 Å². The maximum Gasteiger partial charge on any atom is 0.413 e. The number of amides is 3. The summed E-state index contributed by atoms with van der Waals surface area (Å²) in [4.78, 5) is 40.5. The third kappa shape index (κ3) is 6.51. The Labute approximate surface area is 235 Å². The van der Waals surface area contributed by atoms with Crippen LogP contribution in [-0.2, 0) is 20.8 Å². The summed E-state index contributed by atoms with van der Waals surface area (Å²) in [6, 6.07) is 24.8. The molecule has 1 fully saturated rings. The molecule has 1 aliphatic rings. The third-order valence-electron chi connectivity index (χ3n) is 6.72. The Kier molecular flexibility index (Phi) is 8.03. The molecule has 3 amide bonds. The molecule has 8 nitrogen and oxygen atoms in total. The highest BCUT2D eigenvalue weighted by Gasteiger charge is 2.57. The molecule has 40 heavy (non-hydrogen) atoms. The second-order valence-electron chi connectivity index (χ2n) is 11.6. The zero-order valence-corrected chi connectivity index (χ0v) is 23.9.